The highest BCUT2D eigenvalue weighted by Gasteiger charge is 2.07. The van der Waals surface area contributed by atoms with E-state index in [1.54, 1.807) is 6.92 Å². The van der Waals surface area contributed by atoms with Crippen LogP contribution in [0.15, 0.2) is 12.3 Å². The molecule has 1 aromatic rings. The number of nitro groups is 1. The third kappa shape index (κ3) is 2.47. The van der Waals surface area contributed by atoms with E-state index in [9.17, 15) is 10.1 Å². The van der Waals surface area contributed by atoms with Gasteiger partial charge in [-0.15, -0.1) is 0 Å². The molecule has 0 unspecified atom stereocenters. The van der Waals surface area contributed by atoms with Gasteiger partial charge in [-0.3, -0.25) is 10.1 Å². The van der Waals surface area contributed by atoms with Crippen LogP contribution in [-0.2, 0) is 0 Å². The molecule has 0 aliphatic carbocycles. The fourth-order valence-electron chi connectivity index (χ4n) is 0.914. The van der Waals surface area contributed by atoms with E-state index in [-0.39, 0.29) is 5.69 Å². The molecule has 0 amide bonds. The lowest BCUT2D eigenvalue weighted by atomic mass is 10.2. The smallest absolute Gasteiger partial charge is 0.258 e. The second kappa shape index (κ2) is 4.63. The molecule has 1 aromatic heterocycles. The Morgan fingerprint density at radius 1 is 1.71 bits per heavy atom. The van der Waals surface area contributed by atoms with Crippen LogP contribution in [0.1, 0.15) is 11.3 Å². The number of thiol groups is 1. The Hall–Kier alpha value is -1.54. The standard InChI is InChI=1S/C9H8N2O2S/c1-7-5-8(11(12)13)6-10-9(7)3-2-4-14/h5-6,14H,4H2,1H3. The zero-order valence-corrected chi connectivity index (χ0v) is 8.41. The van der Waals surface area contributed by atoms with Gasteiger partial charge in [-0.1, -0.05) is 5.92 Å². The number of hydrogen-bond acceptors (Lipinski definition) is 4. The van der Waals surface area contributed by atoms with E-state index < -0.39 is 4.92 Å². The summed E-state index contributed by atoms with van der Waals surface area (Å²) in [6.07, 6.45) is 1.20. The quantitative estimate of drug-likeness (QED) is 0.330. The summed E-state index contributed by atoms with van der Waals surface area (Å²) in [5.74, 6) is 5.95. The molecule has 0 spiro atoms. The van der Waals surface area contributed by atoms with Crippen LogP contribution in [0.5, 0.6) is 0 Å². The number of nitrogens with zero attached hydrogens (tertiary/aromatic N) is 2. The zero-order chi connectivity index (χ0) is 10.6. The first kappa shape index (κ1) is 10.5. The van der Waals surface area contributed by atoms with Crippen LogP contribution in [0, 0.1) is 28.9 Å². The highest BCUT2D eigenvalue weighted by molar-refractivity contribution is 7.80. The fourth-order valence-corrected chi connectivity index (χ4v) is 0.993. The molecule has 4 nitrogen and oxygen atoms in total. The molecule has 0 atom stereocenters. The second-order valence-corrected chi connectivity index (χ2v) is 2.89. The summed E-state index contributed by atoms with van der Waals surface area (Å²) in [4.78, 5) is 13.8. The Balaban J connectivity index is 3.07. The van der Waals surface area contributed by atoms with Crippen LogP contribution >= 0.6 is 12.6 Å². The van der Waals surface area contributed by atoms with Crippen molar-refractivity contribution in [1.82, 2.24) is 4.98 Å². The first-order valence-electron chi connectivity index (χ1n) is 3.86. The van der Waals surface area contributed by atoms with Crippen LogP contribution in [0.25, 0.3) is 0 Å². The largest absolute Gasteiger partial charge is 0.287 e. The summed E-state index contributed by atoms with van der Waals surface area (Å²) in [7, 11) is 0. The molecule has 14 heavy (non-hydrogen) atoms. The van der Waals surface area contributed by atoms with Gasteiger partial charge >= 0.3 is 0 Å². The van der Waals surface area contributed by atoms with Crippen LogP contribution in [0.3, 0.4) is 0 Å². The number of hydrogen-bond donors (Lipinski definition) is 1. The van der Waals surface area contributed by atoms with Gasteiger partial charge in [0.05, 0.1) is 10.7 Å². The van der Waals surface area contributed by atoms with Crippen LogP contribution in [0.2, 0.25) is 0 Å². The van der Waals surface area contributed by atoms with Gasteiger partial charge in [-0.25, -0.2) is 4.98 Å². The molecule has 0 saturated heterocycles. The van der Waals surface area contributed by atoms with Gasteiger partial charge in [-0.2, -0.15) is 12.6 Å². The molecule has 5 heteroatoms. The number of aryl methyl sites for hydroxylation is 1. The van der Waals surface area contributed by atoms with Gasteiger partial charge in [0.25, 0.3) is 5.69 Å². The summed E-state index contributed by atoms with van der Waals surface area (Å²) in [6, 6.07) is 1.45. The molecule has 0 N–H and O–H groups in total. The Kier molecular flexibility index (Phi) is 3.48. The van der Waals surface area contributed by atoms with Gasteiger partial charge in [-0.05, 0) is 18.4 Å². The van der Waals surface area contributed by atoms with E-state index in [2.05, 4.69) is 29.5 Å². The Morgan fingerprint density at radius 3 is 2.93 bits per heavy atom. The van der Waals surface area contributed by atoms with Crippen molar-refractivity contribution in [2.24, 2.45) is 0 Å². The maximum Gasteiger partial charge on any atom is 0.287 e. The minimum Gasteiger partial charge on any atom is -0.258 e. The summed E-state index contributed by atoms with van der Waals surface area (Å²) in [6.45, 7) is 1.74. The van der Waals surface area contributed by atoms with Gasteiger partial charge in [0.2, 0.25) is 0 Å². The number of rotatable bonds is 1. The topological polar surface area (TPSA) is 56.0 Å². The van der Waals surface area contributed by atoms with Gasteiger partial charge < -0.3 is 0 Å². The average molecular weight is 208 g/mol. The van der Waals surface area contributed by atoms with Gasteiger partial charge in [0, 0.05) is 6.07 Å². The maximum atomic E-state index is 10.4. The van der Waals surface area contributed by atoms with E-state index in [1.165, 1.54) is 12.3 Å². The third-order valence-electron chi connectivity index (χ3n) is 1.56. The molecular formula is C9H8N2O2S. The Bertz CT molecular complexity index is 421. The van der Waals surface area contributed by atoms with Crippen molar-refractivity contribution < 1.29 is 4.92 Å². The Labute approximate surface area is 86.9 Å². The molecule has 0 fully saturated rings. The predicted molar refractivity (Wildman–Crippen MR) is 56.4 cm³/mol. The first-order chi connectivity index (χ1) is 6.65. The number of pyridine rings is 1. The highest BCUT2D eigenvalue weighted by Crippen LogP contribution is 2.13. The van der Waals surface area contributed by atoms with Crippen molar-refractivity contribution in [3.63, 3.8) is 0 Å². The molecule has 0 aliphatic heterocycles. The molecule has 0 aliphatic rings. The average Bonchev–Trinajstić information content (AvgIpc) is 2.15. The lowest BCUT2D eigenvalue weighted by Crippen LogP contribution is -1.93. The molecule has 1 heterocycles. The Morgan fingerprint density at radius 2 is 2.43 bits per heavy atom. The van der Waals surface area contributed by atoms with Crippen LogP contribution < -0.4 is 0 Å². The van der Waals surface area contributed by atoms with Crippen molar-refractivity contribution >= 4 is 18.3 Å². The summed E-state index contributed by atoms with van der Waals surface area (Å²) in [5, 5.41) is 10.4. The van der Waals surface area contributed by atoms with Crippen molar-refractivity contribution in [2.45, 2.75) is 6.92 Å². The van der Waals surface area contributed by atoms with E-state index in [4.69, 9.17) is 0 Å². The molecule has 0 bridgehead atoms. The second-order valence-electron chi connectivity index (χ2n) is 2.58. The molecular weight excluding hydrogens is 200 g/mol. The summed E-state index contributed by atoms with van der Waals surface area (Å²) < 4.78 is 0. The molecule has 0 radical (unpaired) electrons. The van der Waals surface area contributed by atoms with Crippen molar-refractivity contribution in [3.8, 4) is 11.8 Å². The summed E-state index contributed by atoms with van der Waals surface area (Å²) >= 11 is 3.93. The normalized spacial score (nSPS) is 9.00. The summed E-state index contributed by atoms with van der Waals surface area (Å²) in [5.41, 5.74) is 1.25. The van der Waals surface area contributed by atoms with E-state index in [0.29, 0.717) is 17.0 Å². The molecule has 0 saturated carbocycles. The molecule has 1 rings (SSSR count). The maximum absolute atomic E-state index is 10.4. The zero-order valence-electron chi connectivity index (χ0n) is 7.52. The van der Waals surface area contributed by atoms with Crippen molar-refractivity contribution in [2.75, 3.05) is 5.75 Å². The molecule has 0 aromatic carbocycles. The van der Waals surface area contributed by atoms with Crippen molar-refractivity contribution in [3.05, 3.63) is 33.6 Å². The predicted octanol–water partition coefficient (Wildman–Crippen LogP) is 1.58. The monoisotopic (exact) mass is 208 g/mol. The van der Waals surface area contributed by atoms with E-state index >= 15 is 0 Å². The SMILES string of the molecule is Cc1cc([N+](=O)[O-])cnc1C#CCS. The van der Waals surface area contributed by atoms with E-state index in [0.717, 1.165) is 0 Å². The van der Waals surface area contributed by atoms with Gasteiger partial charge in [0.15, 0.2) is 0 Å². The highest BCUT2D eigenvalue weighted by atomic mass is 32.1. The van der Waals surface area contributed by atoms with Crippen molar-refractivity contribution in [1.29, 1.82) is 0 Å². The van der Waals surface area contributed by atoms with E-state index in [1.807, 2.05) is 0 Å². The van der Waals surface area contributed by atoms with Crippen LogP contribution in [0.4, 0.5) is 5.69 Å². The van der Waals surface area contributed by atoms with Crippen LogP contribution in [-0.4, -0.2) is 15.7 Å². The first-order valence-corrected chi connectivity index (χ1v) is 4.49. The minimum atomic E-state index is -0.476. The minimum absolute atomic E-state index is 0.0149. The fraction of sp³-hybridized carbons (Fsp3) is 0.222. The lowest BCUT2D eigenvalue weighted by Gasteiger charge is -1.96. The molecule has 72 valence electrons. The van der Waals surface area contributed by atoms with Gasteiger partial charge in [0.1, 0.15) is 11.9 Å². The lowest BCUT2D eigenvalue weighted by molar-refractivity contribution is -0.385. The number of aromatic nitrogens is 1. The third-order valence-corrected chi connectivity index (χ3v) is 1.72.